The highest BCUT2D eigenvalue weighted by Gasteiger charge is 2.17. The van der Waals surface area contributed by atoms with E-state index < -0.39 is 0 Å². The number of rotatable bonds is 3. The van der Waals surface area contributed by atoms with Crippen molar-refractivity contribution in [1.29, 1.82) is 0 Å². The molecule has 0 spiro atoms. The van der Waals surface area contributed by atoms with Crippen LogP contribution in [0.3, 0.4) is 0 Å². The van der Waals surface area contributed by atoms with Gasteiger partial charge in [-0.1, -0.05) is 26.8 Å². The fourth-order valence-electron chi connectivity index (χ4n) is 1.28. The van der Waals surface area contributed by atoms with Crippen LogP contribution in [0.5, 0.6) is 0 Å². The number of nitrogens with one attached hydrogen (secondary N) is 1. The zero-order chi connectivity index (χ0) is 12.3. The lowest BCUT2D eigenvalue weighted by Crippen LogP contribution is -2.24. The van der Waals surface area contributed by atoms with Crippen molar-refractivity contribution in [3.05, 3.63) is 28.2 Å². The molecule has 1 rings (SSSR count). The molecule has 0 saturated carbocycles. The van der Waals surface area contributed by atoms with Crippen molar-refractivity contribution in [3.8, 4) is 0 Å². The van der Waals surface area contributed by atoms with Gasteiger partial charge in [-0.25, -0.2) is 0 Å². The second kappa shape index (κ2) is 5.48. The van der Waals surface area contributed by atoms with Gasteiger partial charge < -0.3 is 5.32 Å². The van der Waals surface area contributed by atoms with Crippen LogP contribution in [-0.2, 0) is 4.79 Å². The fourth-order valence-corrected chi connectivity index (χ4v) is 1.63. The zero-order valence-electron chi connectivity index (χ0n) is 10.2. The Hall–Kier alpha value is -0.830. The average Bonchev–Trinajstić information content (AvgIpc) is 2.22. The fraction of sp³-hybridized carbons (Fsp3) is 0.462. The zero-order valence-corrected chi connectivity index (χ0v) is 11.8. The first-order valence-electron chi connectivity index (χ1n) is 5.49. The third kappa shape index (κ3) is 3.34. The van der Waals surface area contributed by atoms with Gasteiger partial charge in [-0.15, -0.1) is 0 Å². The second-order valence-corrected chi connectivity index (χ2v) is 5.36. The number of aryl methyl sites for hydroxylation is 1. The van der Waals surface area contributed by atoms with Crippen molar-refractivity contribution in [2.45, 2.75) is 27.7 Å². The molecule has 16 heavy (non-hydrogen) atoms. The first-order valence-corrected chi connectivity index (χ1v) is 6.28. The molecule has 1 unspecified atom stereocenters. The van der Waals surface area contributed by atoms with Crippen molar-refractivity contribution in [2.75, 3.05) is 5.32 Å². The maximum absolute atomic E-state index is 11.9. The Kier molecular flexibility index (Phi) is 4.54. The van der Waals surface area contributed by atoms with Crippen LogP contribution in [0.2, 0.25) is 0 Å². The molecule has 0 aromatic heterocycles. The van der Waals surface area contributed by atoms with Crippen LogP contribution in [0.15, 0.2) is 22.7 Å². The molecular formula is C13H18BrNO. The number of carbonyl (C=O) groups is 1. The molecule has 1 atom stereocenters. The minimum Gasteiger partial charge on any atom is -0.325 e. The van der Waals surface area contributed by atoms with Crippen LogP contribution in [0, 0.1) is 18.8 Å². The summed E-state index contributed by atoms with van der Waals surface area (Å²) < 4.78 is 0.919. The lowest BCUT2D eigenvalue weighted by atomic mass is 9.97. The first kappa shape index (κ1) is 13.2. The highest BCUT2D eigenvalue weighted by molar-refractivity contribution is 9.10. The predicted molar refractivity (Wildman–Crippen MR) is 71.5 cm³/mol. The Morgan fingerprint density at radius 3 is 2.50 bits per heavy atom. The maximum atomic E-state index is 11.9. The van der Waals surface area contributed by atoms with E-state index in [0.29, 0.717) is 5.92 Å². The Morgan fingerprint density at radius 1 is 1.31 bits per heavy atom. The van der Waals surface area contributed by atoms with Gasteiger partial charge in [0.1, 0.15) is 0 Å². The van der Waals surface area contributed by atoms with Gasteiger partial charge in [-0.3, -0.25) is 4.79 Å². The summed E-state index contributed by atoms with van der Waals surface area (Å²) in [5.41, 5.74) is 1.98. The molecule has 1 N–H and O–H groups in total. The van der Waals surface area contributed by atoms with Crippen molar-refractivity contribution < 1.29 is 4.79 Å². The predicted octanol–water partition coefficient (Wildman–Crippen LogP) is 3.99. The van der Waals surface area contributed by atoms with Gasteiger partial charge in [-0.05, 0) is 46.5 Å². The number of amides is 1. The summed E-state index contributed by atoms with van der Waals surface area (Å²) in [5.74, 6) is 0.442. The van der Waals surface area contributed by atoms with Crippen molar-refractivity contribution in [3.63, 3.8) is 0 Å². The first-order chi connectivity index (χ1) is 7.41. The number of hydrogen-bond donors (Lipinski definition) is 1. The molecule has 0 fully saturated rings. The molecule has 0 heterocycles. The van der Waals surface area contributed by atoms with E-state index in [-0.39, 0.29) is 11.8 Å². The van der Waals surface area contributed by atoms with Gasteiger partial charge in [0.15, 0.2) is 0 Å². The summed E-state index contributed by atoms with van der Waals surface area (Å²) >= 11 is 3.43. The second-order valence-electron chi connectivity index (χ2n) is 4.51. The third-order valence-corrected chi connectivity index (χ3v) is 3.48. The van der Waals surface area contributed by atoms with Crippen molar-refractivity contribution in [1.82, 2.24) is 0 Å². The molecule has 0 saturated heterocycles. The Bertz CT molecular complexity index is 388. The smallest absolute Gasteiger partial charge is 0.227 e. The van der Waals surface area contributed by atoms with E-state index in [1.807, 2.05) is 32.0 Å². The maximum Gasteiger partial charge on any atom is 0.227 e. The molecular weight excluding hydrogens is 266 g/mol. The average molecular weight is 284 g/mol. The summed E-state index contributed by atoms with van der Waals surface area (Å²) in [7, 11) is 0. The van der Waals surface area contributed by atoms with Crippen LogP contribution in [0.25, 0.3) is 0 Å². The lowest BCUT2D eigenvalue weighted by molar-refractivity contribution is -0.120. The van der Waals surface area contributed by atoms with E-state index >= 15 is 0 Å². The summed E-state index contributed by atoms with van der Waals surface area (Å²) in [4.78, 5) is 11.9. The van der Waals surface area contributed by atoms with Crippen LogP contribution in [-0.4, -0.2) is 5.91 Å². The van der Waals surface area contributed by atoms with Gasteiger partial charge in [0, 0.05) is 10.4 Å². The topological polar surface area (TPSA) is 29.1 Å². The number of carbonyl (C=O) groups excluding carboxylic acids is 1. The molecule has 1 amide bonds. The van der Waals surface area contributed by atoms with E-state index in [1.165, 1.54) is 0 Å². The van der Waals surface area contributed by atoms with Crippen LogP contribution >= 0.6 is 15.9 Å². The van der Waals surface area contributed by atoms with Crippen molar-refractivity contribution in [2.24, 2.45) is 11.8 Å². The summed E-state index contributed by atoms with van der Waals surface area (Å²) in [6, 6.07) is 5.92. The number of anilines is 1. The van der Waals surface area contributed by atoms with E-state index in [9.17, 15) is 4.79 Å². The van der Waals surface area contributed by atoms with Gasteiger partial charge in [0.05, 0.1) is 5.69 Å². The van der Waals surface area contributed by atoms with E-state index in [4.69, 9.17) is 0 Å². The van der Waals surface area contributed by atoms with Crippen LogP contribution < -0.4 is 5.32 Å². The molecule has 88 valence electrons. The van der Waals surface area contributed by atoms with Crippen LogP contribution in [0.1, 0.15) is 26.3 Å². The molecule has 1 aromatic rings. The lowest BCUT2D eigenvalue weighted by Gasteiger charge is -2.16. The van der Waals surface area contributed by atoms with E-state index in [0.717, 1.165) is 15.7 Å². The molecule has 0 aliphatic heterocycles. The SMILES string of the molecule is Cc1ccc(Br)c(NC(=O)C(C)C(C)C)c1. The van der Waals surface area contributed by atoms with E-state index in [1.54, 1.807) is 0 Å². The van der Waals surface area contributed by atoms with E-state index in [2.05, 4.69) is 35.1 Å². The number of halogens is 1. The molecule has 2 nitrogen and oxygen atoms in total. The Morgan fingerprint density at radius 2 is 1.94 bits per heavy atom. The highest BCUT2D eigenvalue weighted by Crippen LogP contribution is 2.24. The summed E-state index contributed by atoms with van der Waals surface area (Å²) in [6.45, 7) is 8.06. The minimum atomic E-state index is 0.0208. The third-order valence-electron chi connectivity index (χ3n) is 2.79. The van der Waals surface area contributed by atoms with Crippen LogP contribution in [0.4, 0.5) is 5.69 Å². The molecule has 1 aromatic carbocycles. The molecule has 0 bridgehead atoms. The molecule has 0 aliphatic carbocycles. The Labute approximate surface area is 106 Å². The Balaban J connectivity index is 2.80. The van der Waals surface area contributed by atoms with Gasteiger partial charge >= 0.3 is 0 Å². The van der Waals surface area contributed by atoms with Gasteiger partial charge in [-0.2, -0.15) is 0 Å². The van der Waals surface area contributed by atoms with Gasteiger partial charge in [0.2, 0.25) is 5.91 Å². The quantitative estimate of drug-likeness (QED) is 0.893. The van der Waals surface area contributed by atoms with Gasteiger partial charge in [0.25, 0.3) is 0 Å². The normalized spacial score (nSPS) is 12.6. The minimum absolute atomic E-state index is 0.0208. The molecule has 0 aliphatic rings. The molecule has 3 heteroatoms. The number of hydrogen-bond acceptors (Lipinski definition) is 1. The van der Waals surface area contributed by atoms with Crippen molar-refractivity contribution >= 4 is 27.5 Å². The summed E-state index contributed by atoms with van der Waals surface area (Å²) in [5, 5.41) is 2.95. The molecule has 0 radical (unpaired) electrons. The summed E-state index contributed by atoms with van der Waals surface area (Å²) in [6.07, 6.45) is 0. The number of benzene rings is 1. The monoisotopic (exact) mass is 283 g/mol. The highest BCUT2D eigenvalue weighted by atomic mass is 79.9. The standard InChI is InChI=1S/C13H18BrNO/c1-8(2)10(4)13(16)15-12-7-9(3)5-6-11(12)14/h5-8,10H,1-4H3,(H,15,16). The largest absolute Gasteiger partial charge is 0.325 e.